The van der Waals surface area contributed by atoms with Gasteiger partial charge in [-0.25, -0.2) is 0 Å². The summed E-state index contributed by atoms with van der Waals surface area (Å²) in [6.07, 6.45) is 2.14. The lowest BCUT2D eigenvalue weighted by atomic mass is 10.2. The highest BCUT2D eigenvalue weighted by Gasteiger charge is 2.16. The monoisotopic (exact) mass is 236 g/mol. The second-order valence-corrected chi connectivity index (χ2v) is 4.86. The Labute approximate surface area is 104 Å². The number of unbranched alkanes of at least 4 members (excludes halogenated alkanes) is 1. The summed E-state index contributed by atoms with van der Waals surface area (Å²) in [7, 11) is 0. The topological polar surface area (TPSA) is 34.0 Å². The number of nitrogens with one attached hydrogen (secondary N) is 1. The Morgan fingerprint density at radius 2 is 2.06 bits per heavy atom. The van der Waals surface area contributed by atoms with Gasteiger partial charge in [-0.1, -0.05) is 13.3 Å². The molecule has 1 aromatic rings. The average Bonchev–Trinajstić information content (AvgIpc) is 2.54. The van der Waals surface area contributed by atoms with Crippen LogP contribution in [0.1, 0.15) is 61.4 Å². The molecule has 0 unspecified atom stereocenters. The van der Waals surface area contributed by atoms with Crippen molar-refractivity contribution >= 4 is 5.91 Å². The molecule has 0 fully saturated rings. The first kappa shape index (κ1) is 13.8. The van der Waals surface area contributed by atoms with E-state index >= 15 is 0 Å². The van der Waals surface area contributed by atoms with E-state index < -0.39 is 0 Å². The first-order valence-corrected chi connectivity index (χ1v) is 6.45. The molecular weight excluding hydrogens is 212 g/mol. The van der Waals surface area contributed by atoms with E-state index in [1.165, 1.54) is 0 Å². The van der Waals surface area contributed by atoms with Crippen molar-refractivity contribution < 1.29 is 4.79 Å². The third-order valence-corrected chi connectivity index (χ3v) is 3.06. The molecule has 0 aliphatic heterocycles. The fourth-order valence-electron chi connectivity index (χ4n) is 2.28. The number of aryl methyl sites for hydroxylation is 1. The van der Waals surface area contributed by atoms with Crippen molar-refractivity contribution in [3.05, 3.63) is 23.0 Å². The molecule has 0 saturated carbocycles. The summed E-state index contributed by atoms with van der Waals surface area (Å²) < 4.78 is 2.20. The molecule has 0 saturated heterocycles. The number of rotatable bonds is 5. The fraction of sp³-hybridized carbons (Fsp3) is 0.643. The number of hydrogen-bond donors (Lipinski definition) is 1. The summed E-state index contributed by atoms with van der Waals surface area (Å²) in [6, 6.07) is 2.38. The quantitative estimate of drug-likeness (QED) is 0.783. The van der Waals surface area contributed by atoms with Crippen LogP contribution in [0.3, 0.4) is 0 Å². The molecular formula is C14H24N2O. The Morgan fingerprint density at radius 3 is 2.53 bits per heavy atom. The zero-order valence-electron chi connectivity index (χ0n) is 11.6. The number of hydrogen-bond acceptors (Lipinski definition) is 1. The van der Waals surface area contributed by atoms with E-state index in [4.69, 9.17) is 0 Å². The van der Waals surface area contributed by atoms with E-state index in [1.807, 2.05) is 13.0 Å². The van der Waals surface area contributed by atoms with Crippen LogP contribution in [0.25, 0.3) is 0 Å². The smallest absolute Gasteiger partial charge is 0.253 e. The van der Waals surface area contributed by atoms with Crippen molar-refractivity contribution in [1.29, 1.82) is 0 Å². The van der Waals surface area contributed by atoms with Gasteiger partial charge in [0.15, 0.2) is 0 Å². The van der Waals surface area contributed by atoms with Gasteiger partial charge in [0.25, 0.3) is 5.91 Å². The Balaban J connectivity index is 2.84. The van der Waals surface area contributed by atoms with Crippen LogP contribution in [-0.4, -0.2) is 17.0 Å². The van der Waals surface area contributed by atoms with Gasteiger partial charge in [0.05, 0.1) is 5.56 Å². The maximum absolute atomic E-state index is 12.0. The summed E-state index contributed by atoms with van der Waals surface area (Å²) >= 11 is 0. The molecule has 1 rings (SSSR count). The van der Waals surface area contributed by atoms with Crippen LogP contribution in [0.5, 0.6) is 0 Å². The zero-order chi connectivity index (χ0) is 13.0. The van der Waals surface area contributed by atoms with Crippen LogP contribution in [-0.2, 0) is 0 Å². The maximum Gasteiger partial charge on any atom is 0.253 e. The van der Waals surface area contributed by atoms with Gasteiger partial charge in [-0.15, -0.1) is 0 Å². The van der Waals surface area contributed by atoms with E-state index in [1.54, 1.807) is 0 Å². The molecule has 3 heteroatoms. The summed E-state index contributed by atoms with van der Waals surface area (Å²) in [4.78, 5) is 12.0. The molecule has 0 aliphatic carbocycles. The third kappa shape index (κ3) is 3.11. The first-order chi connectivity index (χ1) is 7.99. The van der Waals surface area contributed by atoms with Crippen LogP contribution in [0.15, 0.2) is 6.07 Å². The molecule has 17 heavy (non-hydrogen) atoms. The number of aromatic nitrogens is 1. The van der Waals surface area contributed by atoms with Crippen LogP contribution >= 0.6 is 0 Å². The zero-order valence-corrected chi connectivity index (χ0v) is 11.6. The summed E-state index contributed by atoms with van der Waals surface area (Å²) in [5, 5.41) is 2.97. The summed E-state index contributed by atoms with van der Waals surface area (Å²) in [6.45, 7) is 11.2. The molecule has 0 aromatic carbocycles. The van der Waals surface area contributed by atoms with Crippen molar-refractivity contribution in [2.75, 3.05) is 6.54 Å². The minimum Gasteiger partial charge on any atom is -0.352 e. The van der Waals surface area contributed by atoms with Gasteiger partial charge in [0, 0.05) is 24.0 Å². The van der Waals surface area contributed by atoms with Gasteiger partial charge in [-0.3, -0.25) is 4.79 Å². The van der Waals surface area contributed by atoms with Gasteiger partial charge in [-0.05, 0) is 40.2 Å². The first-order valence-electron chi connectivity index (χ1n) is 6.45. The lowest BCUT2D eigenvalue weighted by Gasteiger charge is -2.13. The fourth-order valence-corrected chi connectivity index (χ4v) is 2.28. The van der Waals surface area contributed by atoms with E-state index in [2.05, 4.69) is 37.6 Å². The Bertz CT molecular complexity index is 391. The Kier molecular flexibility index (Phi) is 4.79. The molecule has 0 radical (unpaired) electrons. The molecule has 0 spiro atoms. The van der Waals surface area contributed by atoms with Gasteiger partial charge >= 0.3 is 0 Å². The van der Waals surface area contributed by atoms with Crippen LogP contribution in [0.4, 0.5) is 0 Å². The second-order valence-electron chi connectivity index (χ2n) is 4.86. The minimum atomic E-state index is 0.0541. The number of amides is 1. The Hall–Kier alpha value is -1.25. The van der Waals surface area contributed by atoms with Gasteiger partial charge < -0.3 is 9.88 Å². The third-order valence-electron chi connectivity index (χ3n) is 3.06. The van der Waals surface area contributed by atoms with E-state index in [9.17, 15) is 4.79 Å². The highest BCUT2D eigenvalue weighted by molar-refractivity contribution is 5.95. The lowest BCUT2D eigenvalue weighted by Crippen LogP contribution is -2.24. The standard InChI is InChI=1S/C14H24N2O/c1-6-7-8-15-14(17)13-9-11(4)16(10(2)3)12(13)5/h9-10H,6-8H2,1-5H3,(H,15,17). The van der Waals surface area contributed by atoms with Crippen LogP contribution in [0.2, 0.25) is 0 Å². The SMILES string of the molecule is CCCCNC(=O)c1cc(C)n(C(C)C)c1C. The van der Waals surface area contributed by atoms with Crippen molar-refractivity contribution in [2.45, 2.75) is 53.5 Å². The molecule has 1 heterocycles. The maximum atomic E-state index is 12.0. The molecule has 3 nitrogen and oxygen atoms in total. The van der Waals surface area contributed by atoms with Gasteiger partial charge in [-0.2, -0.15) is 0 Å². The Morgan fingerprint density at radius 1 is 1.41 bits per heavy atom. The predicted molar refractivity (Wildman–Crippen MR) is 71.5 cm³/mol. The molecule has 1 amide bonds. The van der Waals surface area contributed by atoms with Crippen LogP contribution in [0, 0.1) is 13.8 Å². The average molecular weight is 236 g/mol. The molecule has 0 atom stereocenters. The largest absolute Gasteiger partial charge is 0.352 e. The van der Waals surface area contributed by atoms with Crippen molar-refractivity contribution in [3.8, 4) is 0 Å². The number of carbonyl (C=O) groups excluding carboxylic acids is 1. The molecule has 1 aromatic heterocycles. The van der Waals surface area contributed by atoms with Crippen molar-refractivity contribution in [2.24, 2.45) is 0 Å². The van der Waals surface area contributed by atoms with Crippen molar-refractivity contribution in [1.82, 2.24) is 9.88 Å². The molecule has 0 bridgehead atoms. The molecule has 1 N–H and O–H groups in total. The normalized spacial score (nSPS) is 10.9. The van der Waals surface area contributed by atoms with E-state index in [0.29, 0.717) is 6.04 Å². The lowest BCUT2D eigenvalue weighted by molar-refractivity contribution is 0.0952. The second kappa shape index (κ2) is 5.89. The minimum absolute atomic E-state index is 0.0541. The summed E-state index contributed by atoms with van der Waals surface area (Å²) in [5.41, 5.74) is 3.02. The van der Waals surface area contributed by atoms with Crippen molar-refractivity contribution in [3.63, 3.8) is 0 Å². The highest BCUT2D eigenvalue weighted by atomic mass is 16.1. The predicted octanol–water partition coefficient (Wildman–Crippen LogP) is 3.22. The highest BCUT2D eigenvalue weighted by Crippen LogP contribution is 2.19. The number of carbonyl (C=O) groups is 1. The van der Waals surface area contributed by atoms with Gasteiger partial charge in [0.2, 0.25) is 0 Å². The summed E-state index contributed by atoms with van der Waals surface area (Å²) in [5.74, 6) is 0.0541. The van der Waals surface area contributed by atoms with Gasteiger partial charge in [0.1, 0.15) is 0 Å². The van der Waals surface area contributed by atoms with E-state index in [0.717, 1.165) is 36.3 Å². The number of nitrogens with zero attached hydrogens (tertiary/aromatic N) is 1. The molecule has 96 valence electrons. The van der Waals surface area contributed by atoms with E-state index in [-0.39, 0.29) is 5.91 Å². The van der Waals surface area contributed by atoms with Crippen LogP contribution < -0.4 is 5.32 Å². The molecule has 0 aliphatic rings.